The van der Waals surface area contributed by atoms with Crippen molar-refractivity contribution in [2.75, 3.05) is 0 Å². The summed E-state index contributed by atoms with van der Waals surface area (Å²) in [6.45, 7) is 10.4. The summed E-state index contributed by atoms with van der Waals surface area (Å²) < 4.78 is 0. The highest BCUT2D eigenvalue weighted by Crippen LogP contribution is 2.49. The van der Waals surface area contributed by atoms with E-state index in [9.17, 15) is 10.2 Å². The maximum Gasteiger partial charge on any atom is 0.183 e. The fourth-order valence-electron chi connectivity index (χ4n) is 4.25. The molecule has 150 valence electrons. The van der Waals surface area contributed by atoms with Gasteiger partial charge in [-0.1, -0.05) is 43.6 Å². The number of allylic oxidation sites excluding steroid dienone is 3. The number of aryl methyl sites for hydroxylation is 1. The van der Waals surface area contributed by atoms with Crippen LogP contribution in [0.2, 0.25) is 0 Å². The lowest BCUT2D eigenvalue weighted by Gasteiger charge is -2.32. The second-order valence-corrected chi connectivity index (χ2v) is 7.93. The highest BCUT2D eigenvalue weighted by molar-refractivity contribution is 5.73. The zero-order chi connectivity index (χ0) is 20.3. The van der Waals surface area contributed by atoms with Crippen molar-refractivity contribution in [3.8, 4) is 22.9 Å². The maximum atomic E-state index is 11.3. The van der Waals surface area contributed by atoms with Crippen molar-refractivity contribution in [1.29, 1.82) is 0 Å². The predicted octanol–water partition coefficient (Wildman–Crippen LogP) is 5.03. The van der Waals surface area contributed by atoms with Gasteiger partial charge in [0.1, 0.15) is 11.5 Å². The number of aromatic nitrogens is 4. The average Bonchev–Trinajstić information content (AvgIpc) is 3.15. The smallest absolute Gasteiger partial charge is 0.183 e. The molecule has 6 heteroatoms. The highest BCUT2D eigenvalue weighted by Gasteiger charge is 2.32. The zero-order valence-corrected chi connectivity index (χ0v) is 17.0. The van der Waals surface area contributed by atoms with Crippen LogP contribution in [0.15, 0.2) is 29.9 Å². The molecule has 3 N–H and O–H groups in total. The Kier molecular flexibility index (Phi) is 6.17. The van der Waals surface area contributed by atoms with E-state index in [4.69, 9.17) is 0 Å². The van der Waals surface area contributed by atoms with Crippen molar-refractivity contribution in [3.63, 3.8) is 0 Å². The number of phenolic OH excluding ortho intramolecular Hbond substituents is 2. The third-order valence-corrected chi connectivity index (χ3v) is 5.75. The lowest BCUT2D eigenvalue weighted by Crippen LogP contribution is -2.17. The number of hydrogen-bond donors (Lipinski definition) is 3. The Morgan fingerprint density at radius 2 is 2.11 bits per heavy atom. The Balaban J connectivity index is 2.15. The molecule has 0 saturated heterocycles. The number of hydrogen-bond acceptors (Lipinski definition) is 5. The number of aromatic hydroxyl groups is 2. The Morgan fingerprint density at radius 3 is 2.75 bits per heavy atom. The molecule has 2 unspecified atom stereocenters. The first-order valence-electron chi connectivity index (χ1n) is 10.1. The Morgan fingerprint density at radius 1 is 1.32 bits per heavy atom. The number of rotatable bonds is 7. The van der Waals surface area contributed by atoms with Crippen molar-refractivity contribution >= 4 is 0 Å². The number of tetrazole rings is 1. The highest BCUT2D eigenvalue weighted by atomic mass is 16.3. The molecule has 0 fully saturated rings. The number of unbranched alkanes of at least 4 members (excludes halogenated alkanes) is 2. The normalized spacial score (nSPS) is 19.5. The molecule has 0 radical (unpaired) electrons. The largest absolute Gasteiger partial charge is 0.507 e. The number of phenols is 2. The lowest BCUT2D eigenvalue weighted by molar-refractivity contribution is 0.407. The predicted molar refractivity (Wildman–Crippen MR) is 110 cm³/mol. The molecule has 0 aliphatic heterocycles. The molecule has 2 aromatic rings. The summed E-state index contributed by atoms with van der Waals surface area (Å²) in [6, 6.07) is 1.77. The van der Waals surface area contributed by atoms with Gasteiger partial charge in [-0.3, -0.25) is 0 Å². The average molecular weight is 383 g/mol. The van der Waals surface area contributed by atoms with Gasteiger partial charge in [-0.25, -0.2) is 5.10 Å². The van der Waals surface area contributed by atoms with Crippen LogP contribution >= 0.6 is 0 Å². The third kappa shape index (κ3) is 3.96. The van der Waals surface area contributed by atoms with Gasteiger partial charge in [0, 0.05) is 11.5 Å². The van der Waals surface area contributed by atoms with Gasteiger partial charge in [0.25, 0.3) is 0 Å². The van der Waals surface area contributed by atoms with E-state index in [0.717, 1.165) is 49.7 Å². The van der Waals surface area contributed by atoms with Crippen LogP contribution in [0, 0.1) is 5.92 Å². The number of aromatic amines is 1. The lowest BCUT2D eigenvalue weighted by atomic mass is 9.73. The molecule has 1 aliphatic carbocycles. The second-order valence-electron chi connectivity index (χ2n) is 7.93. The van der Waals surface area contributed by atoms with Gasteiger partial charge < -0.3 is 10.2 Å². The zero-order valence-electron chi connectivity index (χ0n) is 17.0. The maximum absolute atomic E-state index is 11.3. The minimum absolute atomic E-state index is 0.0623. The number of benzene rings is 1. The van der Waals surface area contributed by atoms with Crippen LogP contribution < -0.4 is 0 Å². The van der Waals surface area contributed by atoms with Crippen LogP contribution in [0.3, 0.4) is 0 Å². The van der Waals surface area contributed by atoms with E-state index in [-0.39, 0.29) is 23.3 Å². The van der Waals surface area contributed by atoms with Crippen LogP contribution in [-0.2, 0) is 6.42 Å². The fraction of sp³-hybridized carbons (Fsp3) is 0.500. The summed E-state index contributed by atoms with van der Waals surface area (Å²) in [5.74, 6) is 0.668. The molecule has 1 heterocycles. The molecule has 2 atom stereocenters. The molecule has 3 rings (SSSR count). The summed E-state index contributed by atoms with van der Waals surface area (Å²) in [6.07, 6.45) is 8.01. The Bertz CT molecular complexity index is 871. The van der Waals surface area contributed by atoms with Crippen molar-refractivity contribution < 1.29 is 10.2 Å². The topological polar surface area (TPSA) is 94.9 Å². The van der Waals surface area contributed by atoms with Gasteiger partial charge in [-0.2, -0.15) is 0 Å². The summed E-state index contributed by atoms with van der Waals surface area (Å²) in [5.41, 5.74) is 4.30. The molecule has 0 spiro atoms. The minimum Gasteiger partial charge on any atom is -0.507 e. The Hall–Kier alpha value is -2.63. The van der Waals surface area contributed by atoms with Gasteiger partial charge in [-0.05, 0) is 67.5 Å². The second kappa shape index (κ2) is 8.59. The van der Waals surface area contributed by atoms with Crippen LogP contribution in [-0.4, -0.2) is 30.8 Å². The summed E-state index contributed by atoms with van der Waals surface area (Å²) >= 11 is 0. The number of H-pyrrole nitrogens is 1. The van der Waals surface area contributed by atoms with Crippen LogP contribution in [0.5, 0.6) is 11.5 Å². The first kappa shape index (κ1) is 20.1. The van der Waals surface area contributed by atoms with Crippen LogP contribution in [0.25, 0.3) is 11.4 Å². The first-order valence-corrected chi connectivity index (χ1v) is 10.1. The van der Waals surface area contributed by atoms with E-state index >= 15 is 0 Å². The van der Waals surface area contributed by atoms with Crippen LogP contribution in [0.4, 0.5) is 0 Å². The molecule has 0 saturated carbocycles. The third-order valence-electron chi connectivity index (χ3n) is 5.75. The Labute approximate surface area is 166 Å². The van der Waals surface area contributed by atoms with Gasteiger partial charge in [0.2, 0.25) is 0 Å². The van der Waals surface area contributed by atoms with E-state index in [0.29, 0.717) is 17.0 Å². The quantitative estimate of drug-likeness (QED) is 0.461. The van der Waals surface area contributed by atoms with E-state index in [2.05, 4.69) is 47.1 Å². The van der Waals surface area contributed by atoms with Crippen molar-refractivity contribution in [1.82, 2.24) is 20.6 Å². The van der Waals surface area contributed by atoms with Gasteiger partial charge in [-0.15, -0.1) is 5.10 Å². The first-order chi connectivity index (χ1) is 13.4. The summed E-state index contributed by atoms with van der Waals surface area (Å²) in [4.78, 5) is 0. The number of nitrogens with zero attached hydrogens (tertiary/aromatic N) is 3. The summed E-state index contributed by atoms with van der Waals surface area (Å²) in [5, 5.41) is 36.3. The molecule has 1 aromatic heterocycles. The molecule has 0 amide bonds. The van der Waals surface area contributed by atoms with Crippen molar-refractivity contribution in [2.45, 2.75) is 65.2 Å². The van der Waals surface area contributed by atoms with Crippen molar-refractivity contribution in [2.24, 2.45) is 5.92 Å². The molecular formula is C22H30N4O2. The summed E-state index contributed by atoms with van der Waals surface area (Å²) in [7, 11) is 0. The SMILES string of the molecule is C=C(C)C1CCC(C)=CC1c1c(O)cc(CCCCC)c(-c2nnn[nH]2)c1O. The van der Waals surface area contributed by atoms with Gasteiger partial charge >= 0.3 is 0 Å². The molecule has 28 heavy (non-hydrogen) atoms. The van der Waals surface area contributed by atoms with E-state index in [1.165, 1.54) is 5.57 Å². The van der Waals surface area contributed by atoms with E-state index in [1.807, 2.05) is 6.92 Å². The monoisotopic (exact) mass is 382 g/mol. The fourth-order valence-corrected chi connectivity index (χ4v) is 4.25. The van der Waals surface area contributed by atoms with Gasteiger partial charge in [0.15, 0.2) is 5.82 Å². The van der Waals surface area contributed by atoms with Crippen molar-refractivity contribution in [3.05, 3.63) is 41.0 Å². The molecule has 1 aromatic carbocycles. The standard InChI is InChI=1S/C22H30N4O2/c1-5-6-7-8-15-12-18(27)20(21(28)19(15)22-23-25-26-24-22)17-11-14(4)9-10-16(17)13(2)3/h11-12,16-17,27-28H,2,5-10H2,1,3-4H3,(H,23,24,25,26). The van der Waals surface area contributed by atoms with Crippen LogP contribution in [0.1, 0.15) is 69.9 Å². The molecule has 6 nitrogen and oxygen atoms in total. The molecule has 0 bridgehead atoms. The molecular weight excluding hydrogens is 352 g/mol. The molecule has 1 aliphatic rings. The van der Waals surface area contributed by atoms with E-state index in [1.54, 1.807) is 6.07 Å². The van der Waals surface area contributed by atoms with E-state index < -0.39 is 0 Å². The minimum atomic E-state index is -0.120. The number of nitrogens with one attached hydrogen (secondary N) is 1. The van der Waals surface area contributed by atoms with Gasteiger partial charge in [0.05, 0.1) is 5.56 Å².